The highest BCUT2D eigenvalue weighted by atomic mass is 16.7. The van der Waals surface area contributed by atoms with Crippen molar-refractivity contribution >= 4 is 22.4 Å². The smallest absolute Gasteiger partial charge is 0.231 e. The zero-order chi connectivity index (χ0) is 33.9. The summed E-state index contributed by atoms with van der Waals surface area (Å²) in [6.07, 6.45) is 26.9. The number of benzene rings is 2. The van der Waals surface area contributed by atoms with Crippen LogP contribution in [0.15, 0.2) is 108 Å². The molecule has 0 radical (unpaired) electrons. The number of hydrogen-bond acceptors (Lipinski definition) is 4. The summed E-state index contributed by atoms with van der Waals surface area (Å²) in [6.45, 7) is 21.3. The third-order valence-electron chi connectivity index (χ3n) is 9.28. The second kappa shape index (κ2) is 14.1. The van der Waals surface area contributed by atoms with Crippen molar-refractivity contribution in [2.45, 2.75) is 66.4 Å². The van der Waals surface area contributed by atoms with Crippen molar-refractivity contribution in [2.75, 3.05) is 20.9 Å². The second-order valence-corrected chi connectivity index (χ2v) is 13.6. The molecular weight excluding hydrogens is 578 g/mol. The van der Waals surface area contributed by atoms with Crippen LogP contribution in [0.25, 0.3) is 22.4 Å². The van der Waals surface area contributed by atoms with Crippen molar-refractivity contribution in [2.24, 2.45) is 11.8 Å². The van der Waals surface area contributed by atoms with Gasteiger partial charge in [0.15, 0.2) is 17.1 Å². The number of nitrogens with zero attached hydrogens (tertiary/aromatic N) is 1. The maximum atomic E-state index is 7.37. The third kappa shape index (κ3) is 6.98. The van der Waals surface area contributed by atoms with Gasteiger partial charge in [0.25, 0.3) is 0 Å². The van der Waals surface area contributed by atoms with Crippen LogP contribution in [-0.2, 0) is 6.42 Å². The van der Waals surface area contributed by atoms with E-state index >= 15 is 0 Å². The first-order chi connectivity index (χ1) is 22.5. The zero-order valence-electron chi connectivity index (χ0n) is 29.6. The largest absolute Gasteiger partial charge is 0.477 e. The fraction of sp³-hybridized carbons (Fsp3) is 0.349. The summed E-state index contributed by atoms with van der Waals surface area (Å²) in [7, 11) is 4.10. The van der Waals surface area contributed by atoms with Gasteiger partial charge in [0.1, 0.15) is 5.75 Å². The Labute approximate surface area is 282 Å². The number of rotatable bonds is 11. The van der Waals surface area contributed by atoms with Crippen LogP contribution in [-0.4, -0.2) is 31.4 Å². The summed E-state index contributed by atoms with van der Waals surface area (Å²) >= 11 is 0. The van der Waals surface area contributed by atoms with Crippen LogP contribution in [0.4, 0.5) is 0 Å². The van der Waals surface area contributed by atoms with E-state index in [9.17, 15) is 0 Å². The van der Waals surface area contributed by atoms with E-state index in [1.54, 1.807) is 0 Å². The van der Waals surface area contributed by atoms with Crippen LogP contribution < -0.4 is 14.2 Å². The zero-order valence-corrected chi connectivity index (χ0v) is 29.6. The van der Waals surface area contributed by atoms with Gasteiger partial charge in [-0.2, -0.15) is 0 Å². The molecule has 2 aliphatic heterocycles. The molecule has 2 unspecified atom stereocenters. The van der Waals surface area contributed by atoms with Gasteiger partial charge in [-0.25, -0.2) is 0 Å². The van der Waals surface area contributed by atoms with E-state index in [1.807, 2.05) is 12.2 Å². The van der Waals surface area contributed by atoms with Crippen molar-refractivity contribution in [3.05, 3.63) is 125 Å². The number of ether oxygens (including phenoxy) is 3. The van der Waals surface area contributed by atoms with Crippen molar-refractivity contribution in [1.82, 2.24) is 4.90 Å². The molecule has 0 spiro atoms. The van der Waals surface area contributed by atoms with Crippen LogP contribution in [0.3, 0.4) is 0 Å². The Morgan fingerprint density at radius 3 is 2.43 bits per heavy atom. The molecule has 4 heteroatoms. The lowest BCUT2D eigenvalue weighted by molar-refractivity contribution is 0.160. The summed E-state index contributed by atoms with van der Waals surface area (Å²) < 4.78 is 19.2. The first kappa shape index (κ1) is 33.9. The first-order valence-electron chi connectivity index (χ1n) is 16.8. The van der Waals surface area contributed by atoms with Gasteiger partial charge in [-0.15, -0.1) is 6.58 Å². The summed E-state index contributed by atoms with van der Waals surface area (Å²) in [5, 5.41) is 2.16. The van der Waals surface area contributed by atoms with E-state index in [2.05, 4.69) is 141 Å². The quantitative estimate of drug-likeness (QED) is 0.183. The lowest BCUT2D eigenvalue weighted by Crippen LogP contribution is -2.37. The molecule has 3 aliphatic rings. The number of hydrogen-bond donors (Lipinski definition) is 0. The maximum absolute atomic E-state index is 7.37. The highest BCUT2D eigenvalue weighted by Gasteiger charge is 2.37. The second-order valence-electron chi connectivity index (χ2n) is 13.6. The molecule has 0 amide bonds. The molecule has 0 saturated heterocycles. The molecular formula is C43H51NO3. The highest BCUT2D eigenvalue weighted by molar-refractivity contribution is 6.05. The maximum Gasteiger partial charge on any atom is 0.231 e. The first-order valence-corrected chi connectivity index (χ1v) is 16.8. The molecule has 1 aliphatic carbocycles. The molecule has 4 nitrogen and oxygen atoms in total. The van der Waals surface area contributed by atoms with Gasteiger partial charge in [0, 0.05) is 37.2 Å². The Morgan fingerprint density at radius 2 is 1.77 bits per heavy atom. The predicted molar refractivity (Wildman–Crippen MR) is 200 cm³/mol. The van der Waals surface area contributed by atoms with Gasteiger partial charge < -0.3 is 19.1 Å². The SMILES string of the molecule is C=C/C(=C(C)\C=C(/C)C1(C/C=C\C(C)=C/C(C)C)C=Cc2c3c(c4cc5c(cc4c2O1)OCO5)C(/C=C\C(C)C=C)=CCC3)N(C)C. The van der Waals surface area contributed by atoms with Gasteiger partial charge in [-0.05, 0) is 103 Å². The van der Waals surface area contributed by atoms with Crippen LogP contribution in [0, 0.1) is 11.8 Å². The predicted octanol–water partition coefficient (Wildman–Crippen LogP) is 10.9. The van der Waals surface area contributed by atoms with E-state index in [4.69, 9.17) is 14.2 Å². The molecule has 0 saturated carbocycles. The van der Waals surface area contributed by atoms with Crippen LogP contribution in [0.2, 0.25) is 0 Å². The van der Waals surface area contributed by atoms with Crippen LogP contribution in [0.1, 0.15) is 71.1 Å². The normalized spacial score (nSPS) is 20.2. The monoisotopic (exact) mass is 629 g/mol. The number of allylic oxidation sites excluding steroid dienone is 11. The average molecular weight is 630 g/mol. The Bertz CT molecular complexity index is 1790. The Kier molecular flexibility index (Phi) is 10.2. The Hall–Kier alpha value is -4.44. The highest BCUT2D eigenvalue weighted by Crippen LogP contribution is 2.51. The molecule has 2 aromatic rings. The molecule has 0 fully saturated rings. The molecule has 0 N–H and O–H groups in total. The minimum atomic E-state index is -0.689. The van der Waals surface area contributed by atoms with E-state index in [0.717, 1.165) is 63.3 Å². The fourth-order valence-corrected chi connectivity index (χ4v) is 6.89. The fourth-order valence-electron chi connectivity index (χ4n) is 6.89. The van der Waals surface area contributed by atoms with E-state index < -0.39 is 5.60 Å². The van der Waals surface area contributed by atoms with E-state index in [-0.39, 0.29) is 12.7 Å². The summed E-state index contributed by atoms with van der Waals surface area (Å²) in [5.41, 5.74) is 8.85. The van der Waals surface area contributed by atoms with Gasteiger partial charge in [0.05, 0.1) is 0 Å². The molecule has 5 rings (SSSR count). The van der Waals surface area contributed by atoms with Crippen molar-refractivity contribution in [3.63, 3.8) is 0 Å². The van der Waals surface area contributed by atoms with Gasteiger partial charge in [0.2, 0.25) is 6.79 Å². The van der Waals surface area contributed by atoms with E-state index in [0.29, 0.717) is 12.3 Å². The average Bonchev–Trinajstić information content (AvgIpc) is 3.50. The minimum absolute atomic E-state index is 0.221. The minimum Gasteiger partial charge on any atom is -0.477 e. The third-order valence-corrected chi connectivity index (χ3v) is 9.28. The van der Waals surface area contributed by atoms with Gasteiger partial charge >= 0.3 is 0 Å². The molecule has 2 heterocycles. The van der Waals surface area contributed by atoms with Gasteiger partial charge in [-0.3, -0.25) is 0 Å². The molecule has 0 bridgehead atoms. The van der Waals surface area contributed by atoms with Gasteiger partial charge in [-0.1, -0.05) is 87.6 Å². The lowest BCUT2D eigenvalue weighted by atomic mass is 9.79. The molecule has 2 atom stereocenters. The topological polar surface area (TPSA) is 30.9 Å². The summed E-state index contributed by atoms with van der Waals surface area (Å²) in [6, 6.07) is 4.26. The molecule has 47 heavy (non-hydrogen) atoms. The molecule has 246 valence electrons. The van der Waals surface area contributed by atoms with E-state index in [1.165, 1.54) is 22.3 Å². The molecule has 0 aromatic heterocycles. The number of likely N-dealkylation sites (N-methyl/N-ethyl adjacent to an activating group) is 1. The standard InChI is InChI=1S/C43H51NO3/c1-11-29(5)18-19-33-16-13-17-34-35-20-22-43(21-14-15-30(6)23-28(3)4,32(8)24-31(7)38(12-2)44(9)10)47-42(35)37-26-40-39(45-27-46-40)25-36(37)41(33)34/h11-12,14-16,18-20,22-26,28-29H,1-2,13,17,21,27H2,3-10H3/b15-14-,19-18-,30-23-,32-24+,38-31+. The lowest BCUT2D eigenvalue weighted by Gasteiger charge is -2.38. The van der Waals surface area contributed by atoms with Crippen molar-refractivity contribution < 1.29 is 14.2 Å². The Balaban J connectivity index is 1.73. The van der Waals surface area contributed by atoms with Crippen LogP contribution >= 0.6 is 0 Å². The number of fused-ring (bicyclic) bond motifs is 7. The summed E-state index contributed by atoms with van der Waals surface area (Å²) in [4.78, 5) is 2.10. The van der Waals surface area contributed by atoms with Crippen molar-refractivity contribution in [1.29, 1.82) is 0 Å². The Morgan fingerprint density at radius 1 is 1.04 bits per heavy atom. The van der Waals surface area contributed by atoms with Crippen molar-refractivity contribution in [3.8, 4) is 17.2 Å². The van der Waals surface area contributed by atoms with Crippen LogP contribution in [0.5, 0.6) is 17.2 Å². The molecule has 2 aromatic carbocycles. The summed E-state index contributed by atoms with van der Waals surface area (Å²) in [5.74, 6) is 3.20.